The van der Waals surface area contributed by atoms with Gasteiger partial charge in [-0.25, -0.2) is 4.98 Å². The van der Waals surface area contributed by atoms with E-state index in [0.717, 1.165) is 0 Å². The Bertz CT molecular complexity index is 544. The van der Waals surface area contributed by atoms with Crippen molar-refractivity contribution in [1.82, 2.24) is 35.3 Å². The maximum absolute atomic E-state index is 11.9. The van der Waals surface area contributed by atoms with E-state index < -0.39 is 0 Å². The molecule has 0 radical (unpaired) electrons. The van der Waals surface area contributed by atoms with Gasteiger partial charge in [0.05, 0.1) is 6.04 Å². The van der Waals surface area contributed by atoms with Gasteiger partial charge in [-0.15, -0.1) is 15.3 Å². The molecule has 1 atom stereocenters. The van der Waals surface area contributed by atoms with Crippen LogP contribution in [0, 0.1) is 0 Å². The smallest absolute Gasteiger partial charge is 0.291 e. The van der Waals surface area contributed by atoms with E-state index >= 15 is 0 Å². The van der Waals surface area contributed by atoms with Gasteiger partial charge in [0.1, 0.15) is 12.2 Å². The molecular formula is C10H15N7O. The van der Waals surface area contributed by atoms with Crippen LogP contribution >= 0.6 is 0 Å². The summed E-state index contributed by atoms with van der Waals surface area (Å²) in [5.74, 6) is 1.17. The molecule has 0 bridgehead atoms. The van der Waals surface area contributed by atoms with E-state index in [9.17, 15) is 4.79 Å². The molecule has 8 heteroatoms. The highest BCUT2D eigenvalue weighted by Crippen LogP contribution is 2.07. The minimum atomic E-state index is -0.332. The number of nitrogens with zero attached hydrogens (tertiary/aromatic N) is 5. The quantitative estimate of drug-likeness (QED) is 0.793. The van der Waals surface area contributed by atoms with E-state index in [-0.39, 0.29) is 17.8 Å². The highest BCUT2D eigenvalue weighted by Gasteiger charge is 2.18. The first-order valence-electron chi connectivity index (χ1n) is 5.67. The summed E-state index contributed by atoms with van der Waals surface area (Å²) in [5, 5.41) is 17.0. The number of nitrogens with one attached hydrogen (secondary N) is 2. The lowest BCUT2D eigenvalue weighted by Gasteiger charge is -2.11. The predicted molar refractivity (Wildman–Crippen MR) is 62.6 cm³/mol. The second-order valence-electron chi connectivity index (χ2n) is 3.95. The molecule has 0 saturated carbocycles. The van der Waals surface area contributed by atoms with Crippen LogP contribution in [0.15, 0.2) is 6.33 Å². The molecule has 2 aromatic heterocycles. The Morgan fingerprint density at radius 2 is 2.39 bits per heavy atom. The Kier molecular flexibility index (Phi) is 3.35. The largest absolute Gasteiger partial charge is 0.340 e. The first kappa shape index (κ1) is 12.2. The van der Waals surface area contributed by atoms with E-state index in [4.69, 9.17) is 0 Å². The third-order valence-electron chi connectivity index (χ3n) is 2.55. The molecule has 0 saturated heterocycles. The number of aromatic amines is 1. The Labute approximate surface area is 104 Å². The summed E-state index contributed by atoms with van der Waals surface area (Å²) in [6, 6.07) is -0.256. The first-order chi connectivity index (χ1) is 8.61. The number of aryl methyl sites for hydroxylation is 2. The highest BCUT2D eigenvalue weighted by molar-refractivity contribution is 5.90. The predicted octanol–water partition coefficient (Wildman–Crippen LogP) is -0.0134. The van der Waals surface area contributed by atoms with Crippen LogP contribution in [0.5, 0.6) is 0 Å². The van der Waals surface area contributed by atoms with Gasteiger partial charge in [-0.2, -0.15) is 0 Å². The number of carbonyl (C=O) groups excluding carboxylic acids is 1. The van der Waals surface area contributed by atoms with Gasteiger partial charge in [0.15, 0.2) is 5.82 Å². The highest BCUT2D eigenvalue weighted by atomic mass is 16.2. The van der Waals surface area contributed by atoms with E-state index in [1.165, 1.54) is 0 Å². The van der Waals surface area contributed by atoms with Crippen molar-refractivity contribution in [3.05, 3.63) is 23.8 Å². The molecule has 0 spiro atoms. The minimum absolute atomic E-state index is 0.140. The lowest BCUT2D eigenvalue weighted by atomic mass is 10.3. The molecule has 0 aromatic carbocycles. The topological polar surface area (TPSA) is 101 Å². The number of amides is 1. The third kappa shape index (κ3) is 2.36. The van der Waals surface area contributed by atoms with Crippen LogP contribution in [-0.4, -0.2) is 35.9 Å². The fourth-order valence-corrected chi connectivity index (χ4v) is 1.56. The average Bonchev–Trinajstić information content (AvgIpc) is 2.96. The Hall–Kier alpha value is -2.25. The fourth-order valence-electron chi connectivity index (χ4n) is 1.56. The molecule has 0 fully saturated rings. The van der Waals surface area contributed by atoms with Crippen molar-refractivity contribution in [2.45, 2.75) is 26.3 Å². The van der Waals surface area contributed by atoms with Gasteiger partial charge in [0.25, 0.3) is 5.91 Å². The molecule has 2 aromatic rings. The number of carbonyl (C=O) groups is 1. The van der Waals surface area contributed by atoms with Gasteiger partial charge in [0.2, 0.25) is 5.82 Å². The summed E-state index contributed by atoms with van der Waals surface area (Å²) in [5.41, 5.74) is 0. The lowest BCUT2D eigenvalue weighted by molar-refractivity contribution is 0.0927. The summed E-state index contributed by atoms with van der Waals surface area (Å²) in [4.78, 5) is 15.9. The molecule has 1 unspecified atom stereocenters. The van der Waals surface area contributed by atoms with Crippen LogP contribution in [0.2, 0.25) is 0 Å². The van der Waals surface area contributed by atoms with Crippen LogP contribution in [0.1, 0.15) is 42.2 Å². The number of hydrogen-bond acceptors (Lipinski definition) is 5. The van der Waals surface area contributed by atoms with Gasteiger partial charge in [-0.3, -0.25) is 9.89 Å². The van der Waals surface area contributed by atoms with E-state index in [0.29, 0.717) is 18.1 Å². The molecule has 1 amide bonds. The minimum Gasteiger partial charge on any atom is -0.340 e. The van der Waals surface area contributed by atoms with E-state index in [2.05, 4.69) is 30.7 Å². The maximum Gasteiger partial charge on any atom is 0.291 e. The number of hydrogen-bond donors (Lipinski definition) is 2. The molecule has 8 nitrogen and oxygen atoms in total. The summed E-state index contributed by atoms with van der Waals surface area (Å²) >= 11 is 0. The van der Waals surface area contributed by atoms with Crippen LogP contribution in [0.4, 0.5) is 0 Å². The van der Waals surface area contributed by atoms with Crippen molar-refractivity contribution in [3.63, 3.8) is 0 Å². The summed E-state index contributed by atoms with van der Waals surface area (Å²) in [7, 11) is 1.82. The van der Waals surface area contributed by atoms with Gasteiger partial charge >= 0.3 is 0 Å². The van der Waals surface area contributed by atoms with Crippen molar-refractivity contribution in [3.8, 4) is 0 Å². The van der Waals surface area contributed by atoms with Gasteiger partial charge in [-0.1, -0.05) is 6.92 Å². The second-order valence-corrected chi connectivity index (χ2v) is 3.95. The molecule has 2 rings (SSSR count). The van der Waals surface area contributed by atoms with Crippen molar-refractivity contribution in [2.75, 3.05) is 0 Å². The molecule has 18 heavy (non-hydrogen) atoms. The Morgan fingerprint density at radius 1 is 1.61 bits per heavy atom. The summed E-state index contributed by atoms with van der Waals surface area (Å²) < 4.78 is 1.75. The number of aromatic nitrogens is 6. The normalized spacial score (nSPS) is 12.4. The third-order valence-corrected chi connectivity index (χ3v) is 2.55. The van der Waals surface area contributed by atoms with Crippen molar-refractivity contribution < 1.29 is 4.79 Å². The Balaban J connectivity index is 2.05. The molecule has 2 heterocycles. The zero-order valence-electron chi connectivity index (χ0n) is 10.5. The fraction of sp³-hybridized carbons (Fsp3) is 0.500. The van der Waals surface area contributed by atoms with Crippen LogP contribution in [-0.2, 0) is 13.5 Å². The first-order valence-corrected chi connectivity index (χ1v) is 5.67. The van der Waals surface area contributed by atoms with Gasteiger partial charge in [0, 0.05) is 13.5 Å². The zero-order chi connectivity index (χ0) is 13.1. The standard InChI is InChI=1S/C10H15N7O/c1-4-7-13-8(15-14-7)10(18)12-6(2)9-16-11-5-17(9)3/h5-6H,4H2,1-3H3,(H,12,18)(H,13,14,15). The SMILES string of the molecule is CCc1nc(C(=O)NC(C)c2nncn2C)n[nH]1. The van der Waals surface area contributed by atoms with E-state index in [1.807, 2.05) is 20.9 Å². The van der Waals surface area contributed by atoms with Gasteiger partial charge in [-0.05, 0) is 6.92 Å². The lowest BCUT2D eigenvalue weighted by Crippen LogP contribution is -2.29. The molecular weight excluding hydrogens is 234 g/mol. The summed E-state index contributed by atoms with van der Waals surface area (Å²) in [6.07, 6.45) is 2.29. The van der Waals surface area contributed by atoms with Crippen molar-refractivity contribution in [2.24, 2.45) is 7.05 Å². The average molecular weight is 249 g/mol. The molecule has 0 aliphatic carbocycles. The van der Waals surface area contributed by atoms with Crippen molar-refractivity contribution >= 4 is 5.91 Å². The Morgan fingerprint density at radius 3 is 2.94 bits per heavy atom. The van der Waals surface area contributed by atoms with Crippen molar-refractivity contribution in [1.29, 1.82) is 0 Å². The summed E-state index contributed by atoms with van der Waals surface area (Å²) in [6.45, 7) is 3.76. The number of rotatable bonds is 4. The van der Waals surface area contributed by atoms with Gasteiger partial charge < -0.3 is 9.88 Å². The molecule has 96 valence electrons. The van der Waals surface area contributed by atoms with E-state index in [1.54, 1.807) is 10.9 Å². The van der Waals surface area contributed by atoms with Crippen LogP contribution in [0.3, 0.4) is 0 Å². The maximum atomic E-state index is 11.9. The monoisotopic (exact) mass is 249 g/mol. The van der Waals surface area contributed by atoms with Crippen LogP contribution < -0.4 is 5.32 Å². The van der Waals surface area contributed by atoms with Crippen LogP contribution in [0.25, 0.3) is 0 Å². The second kappa shape index (κ2) is 4.94. The number of H-pyrrole nitrogens is 1. The molecule has 0 aliphatic rings. The molecule has 0 aliphatic heterocycles. The molecule has 2 N–H and O–H groups in total. The zero-order valence-corrected chi connectivity index (χ0v) is 10.5.